The molecule has 0 fully saturated rings. The first-order chi connectivity index (χ1) is 6.57. The van der Waals surface area contributed by atoms with Crippen molar-refractivity contribution < 1.29 is 13.2 Å². The van der Waals surface area contributed by atoms with Gasteiger partial charge < -0.3 is 0 Å². The van der Waals surface area contributed by atoms with Gasteiger partial charge in [0.15, 0.2) is 0 Å². The first kappa shape index (κ1) is 8.79. The van der Waals surface area contributed by atoms with Crippen LogP contribution in [-0.4, -0.2) is 20.2 Å². The molecule has 14 heavy (non-hydrogen) atoms. The SMILES string of the molecule is FC(F)(F)c1nnc2ccncc2n1. The first-order valence-corrected chi connectivity index (χ1v) is 3.59. The third-order valence-corrected chi connectivity index (χ3v) is 1.51. The Labute approximate surface area is 75.8 Å². The van der Waals surface area contributed by atoms with E-state index < -0.39 is 12.0 Å². The number of hydrogen-bond donors (Lipinski definition) is 0. The fourth-order valence-corrected chi connectivity index (χ4v) is 0.907. The molecule has 0 amide bonds. The second kappa shape index (κ2) is 2.86. The number of hydrogen-bond acceptors (Lipinski definition) is 4. The lowest BCUT2D eigenvalue weighted by Gasteiger charge is -2.03. The molecule has 0 N–H and O–H groups in total. The van der Waals surface area contributed by atoms with Crippen molar-refractivity contribution in [3.63, 3.8) is 0 Å². The van der Waals surface area contributed by atoms with E-state index in [9.17, 15) is 13.2 Å². The van der Waals surface area contributed by atoms with Crippen LogP contribution in [0.1, 0.15) is 5.82 Å². The smallest absolute Gasteiger partial charge is 0.262 e. The number of alkyl halides is 3. The van der Waals surface area contributed by atoms with E-state index in [-0.39, 0.29) is 11.0 Å². The largest absolute Gasteiger partial charge is 0.453 e. The molecule has 0 radical (unpaired) electrons. The van der Waals surface area contributed by atoms with Gasteiger partial charge in [0.05, 0.1) is 6.20 Å². The lowest BCUT2D eigenvalue weighted by Crippen LogP contribution is -2.12. The summed E-state index contributed by atoms with van der Waals surface area (Å²) in [6.45, 7) is 0. The van der Waals surface area contributed by atoms with Gasteiger partial charge in [-0.1, -0.05) is 0 Å². The number of halogens is 3. The Morgan fingerprint density at radius 1 is 1.07 bits per heavy atom. The van der Waals surface area contributed by atoms with Crippen LogP contribution in [0.2, 0.25) is 0 Å². The van der Waals surface area contributed by atoms with Crippen LogP contribution in [0.4, 0.5) is 13.2 Å². The zero-order valence-electron chi connectivity index (χ0n) is 6.65. The first-order valence-electron chi connectivity index (χ1n) is 3.59. The molecule has 2 aromatic rings. The molecule has 0 aliphatic heterocycles. The second-order valence-electron chi connectivity index (χ2n) is 2.50. The third-order valence-electron chi connectivity index (χ3n) is 1.51. The molecule has 0 atom stereocenters. The molecule has 0 unspecified atom stereocenters. The molecule has 0 spiro atoms. The van der Waals surface area contributed by atoms with Gasteiger partial charge in [0.2, 0.25) is 0 Å². The quantitative estimate of drug-likeness (QED) is 0.645. The lowest BCUT2D eigenvalue weighted by atomic mass is 10.4. The second-order valence-corrected chi connectivity index (χ2v) is 2.50. The summed E-state index contributed by atoms with van der Waals surface area (Å²) >= 11 is 0. The summed E-state index contributed by atoms with van der Waals surface area (Å²) in [6.07, 6.45) is -1.96. The van der Waals surface area contributed by atoms with Crippen molar-refractivity contribution in [2.24, 2.45) is 0 Å². The van der Waals surface area contributed by atoms with Crippen LogP contribution in [0, 0.1) is 0 Å². The highest BCUT2D eigenvalue weighted by atomic mass is 19.4. The summed E-state index contributed by atoms with van der Waals surface area (Å²) in [4.78, 5) is 6.92. The zero-order chi connectivity index (χ0) is 10.2. The maximum absolute atomic E-state index is 12.1. The highest BCUT2D eigenvalue weighted by Gasteiger charge is 2.35. The molecule has 0 aliphatic rings. The van der Waals surface area contributed by atoms with Gasteiger partial charge in [-0.25, -0.2) is 4.98 Å². The van der Waals surface area contributed by atoms with E-state index in [0.29, 0.717) is 0 Å². The number of fused-ring (bicyclic) bond motifs is 1. The maximum atomic E-state index is 12.1. The van der Waals surface area contributed by atoms with Crippen LogP contribution in [0.5, 0.6) is 0 Å². The van der Waals surface area contributed by atoms with Crippen molar-refractivity contribution in [1.29, 1.82) is 0 Å². The molecule has 0 aromatic carbocycles. The average Bonchev–Trinajstić information content (AvgIpc) is 2.16. The van der Waals surface area contributed by atoms with Crippen LogP contribution in [0.15, 0.2) is 18.5 Å². The number of aromatic nitrogens is 4. The predicted octanol–water partition coefficient (Wildman–Crippen LogP) is 1.44. The molecule has 4 nitrogen and oxygen atoms in total. The van der Waals surface area contributed by atoms with Crippen LogP contribution < -0.4 is 0 Å². The Bertz CT molecular complexity index is 468. The van der Waals surface area contributed by atoms with E-state index in [1.807, 2.05) is 0 Å². The minimum absolute atomic E-state index is 0.0785. The van der Waals surface area contributed by atoms with Gasteiger partial charge in [-0.2, -0.15) is 13.2 Å². The standard InChI is InChI=1S/C7H3F3N4/c8-7(9,10)6-12-5-3-11-2-1-4(5)13-14-6/h1-3H. The van der Waals surface area contributed by atoms with Gasteiger partial charge in [0.25, 0.3) is 5.82 Å². The normalized spacial score (nSPS) is 11.9. The van der Waals surface area contributed by atoms with Crippen molar-refractivity contribution in [2.45, 2.75) is 6.18 Å². The van der Waals surface area contributed by atoms with E-state index in [4.69, 9.17) is 0 Å². The van der Waals surface area contributed by atoms with E-state index in [0.717, 1.165) is 0 Å². The summed E-state index contributed by atoms with van der Waals surface area (Å²) in [5.41, 5.74) is 0.364. The number of nitrogens with zero attached hydrogens (tertiary/aromatic N) is 4. The molecule has 2 heterocycles. The minimum Gasteiger partial charge on any atom is -0.262 e. The van der Waals surface area contributed by atoms with Gasteiger partial charge >= 0.3 is 6.18 Å². The van der Waals surface area contributed by atoms with Crippen molar-refractivity contribution >= 4 is 11.0 Å². The molecular weight excluding hydrogens is 197 g/mol. The fraction of sp³-hybridized carbons (Fsp3) is 0.143. The van der Waals surface area contributed by atoms with Crippen molar-refractivity contribution in [3.8, 4) is 0 Å². The van der Waals surface area contributed by atoms with Crippen LogP contribution in [0.25, 0.3) is 11.0 Å². The monoisotopic (exact) mass is 200 g/mol. The van der Waals surface area contributed by atoms with Crippen molar-refractivity contribution in [1.82, 2.24) is 20.2 Å². The molecule has 7 heteroatoms. The molecular formula is C7H3F3N4. The Hall–Kier alpha value is -1.79. The van der Waals surface area contributed by atoms with Gasteiger partial charge in [-0.05, 0) is 6.07 Å². The number of rotatable bonds is 0. The van der Waals surface area contributed by atoms with Gasteiger partial charge in [0, 0.05) is 6.20 Å². The summed E-state index contributed by atoms with van der Waals surface area (Å²) < 4.78 is 36.4. The van der Waals surface area contributed by atoms with Gasteiger partial charge in [-0.15, -0.1) is 10.2 Å². The summed E-state index contributed by atoms with van der Waals surface area (Å²) in [7, 11) is 0. The molecule has 0 saturated heterocycles. The lowest BCUT2D eigenvalue weighted by molar-refractivity contribution is -0.145. The van der Waals surface area contributed by atoms with Crippen LogP contribution in [0.3, 0.4) is 0 Å². The highest BCUT2D eigenvalue weighted by Crippen LogP contribution is 2.25. The topological polar surface area (TPSA) is 51.6 Å². The molecule has 0 bridgehead atoms. The average molecular weight is 200 g/mol. The Morgan fingerprint density at radius 2 is 1.86 bits per heavy atom. The van der Waals surface area contributed by atoms with Crippen molar-refractivity contribution in [2.75, 3.05) is 0 Å². The van der Waals surface area contributed by atoms with E-state index in [1.54, 1.807) is 0 Å². The molecule has 2 rings (SSSR count). The molecule has 2 aromatic heterocycles. The Morgan fingerprint density at radius 3 is 2.57 bits per heavy atom. The van der Waals surface area contributed by atoms with E-state index in [1.165, 1.54) is 18.5 Å². The summed E-state index contributed by atoms with van der Waals surface area (Å²) in [5.74, 6) is -1.25. The third kappa shape index (κ3) is 1.48. The van der Waals surface area contributed by atoms with Crippen LogP contribution >= 0.6 is 0 Å². The predicted molar refractivity (Wildman–Crippen MR) is 40.1 cm³/mol. The maximum Gasteiger partial charge on any atom is 0.453 e. The highest BCUT2D eigenvalue weighted by molar-refractivity contribution is 5.71. The Balaban J connectivity index is 2.63. The molecule has 0 aliphatic carbocycles. The molecule has 72 valence electrons. The fourth-order valence-electron chi connectivity index (χ4n) is 0.907. The van der Waals surface area contributed by atoms with Crippen LogP contribution in [-0.2, 0) is 6.18 Å². The van der Waals surface area contributed by atoms with Crippen molar-refractivity contribution in [3.05, 3.63) is 24.3 Å². The summed E-state index contributed by atoms with van der Waals surface area (Å²) in [6, 6.07) is 1.44. The summed E-state index contributed by atoms with van der Waals surface area (Å²) in [5, 5.41) is 6.34. The molecule has 0 saturated carbocycles. The van der Waals surface area contributed by atoms with Gasteiger partial charge in [0.1, 0.15) is 11.0 Å². The van der Waals surface area contributed by atoms with E-state index in [2.05, 4.69) is 20.2 Å². The number of pyridine rings is 1. The van der Waals surface area contributed by atoms with Gasteiger partial charge in [-0.3, -0.25) is 4.98 Å². The zero-order valence-corrected chi connectivity index (χ0v) is 6.65. The minimum atomic E-state index is -4.57. The van der Waals surface area contributed by atoms with E-state index >= 15 is 0 Å². The Kier molecular flexibility index (Phi) is 1.80.